The number of Topliss-reactive ketones (excluding diaryl/α,β-unsaturated/α-hetero) is 1. The van der Waals surface area contributed by atoms with Crippen molar-refractivity contribution >= 4 is 34.6 Å². The molecular formula is C23H28O7S. The minimum Gasteiger partial charge on any atom is -0.472 e. The first kappa shape index (κ1) is 22.1. The molecular weight excluding hydrogens is 420 g/mol. The molecule has 0 unspecified atom stereocenters. The summed E-state index contributed by atoms with van der Waals surface area (Å²) in [4.78, 5) is 51.6. The topological polar surface area (TPSA) is 99.9 Å². The zero-order chi connectivity index (χ0) is 22.6. The van der Waals surface area contributed by atoms with Gasteiger partial charge >= 0.3 is 11.9 Å². The number of carbonyl (C=O) groups excluding carboxylic acids is 4. The van der Waals surface area contributed by atoms with Crippen molar-refractivity contribution in [1.82, 2.24) is 0 Å². The fourth-order valence-electron chi connectivity index (χ4n) is 6.46. The van der Waals surface area contributed by atoms with Crippen LogP contribution in [0.1, 0.15) is 58.1 Å². The quantitative estimate of drug-likeness (QED) is 0.645. The number of thioether (sulfide) groups is 1. The molecule has 0 spiro atoms. The number of furan rings is 1. The standard InChI is InChI=1S/C23H28O7S/c1-12(24)31-17-9-15(20(26)28-4)22(2)7-5-14-21(27)30-16(13-6-8-29-11-13)10-23(14,3)19(22)18(17)25/h6,8,11,14-17,19H,5,7,9-10H2,1-4H3/t14-,15-,16-,17-,19-,22-,23-/m0/s1. The Morgan fingerprint density at radius 3 is 2.58 bits per heavy atom. The summed E-state index contributed by atoms with van der Waals surface area (Å²) in [5.41, 5.74) is -0.603. The van der Waals surface area contributed by atoms with E-state index < -0.39 is 39.9 Å². The molecule has 0 aromatic carbocycles. The minimum absolute atomic E-state index is 0.0457. The van der Waals surface area contributed by atoms with E-state index in [4.69, 9.17) is 13.9 Å². The maximum Gasteiger partial charge on any atom is 0.310 e. The lowest BCUT2D eigenvalue weighted by atomic mass is 9.43. The van der Waals surface area contributed by atoms with Gasteiger partial charge in [0, 0.05) is 18.4 Å². The van der Waals surface area contributed by atoms with Gasteiger partial charge in [0.15, 0.2) is 10.9 Å². The lowest BCUT2D eigenvalue weighted by Crippen LogP contribution is -2.64. The van der Waals surface area contributed by atoms with Gasteiger partial charge in [0.1, 0.15) is 6.10 Å². The molecule has 8 heteroatoms. The largest absolute Gasteiger partial charge is 0.472 e. The van der Waals surface area contributed by atoms with Gasteiger partial charge < -0.3 is 13.9 Å². The van der Waals surface area contributed by atoms with Crippen LogP contribution in [-0.4, -0.2) is 35.2 Å². The molecule has 1 aromatic rings. The van der Waals surface area contributed by atoms with Gasteiger partial charge in [-0.05, 0) is 42.6 Å². The first-order valence-corrected chi connectivity index (χ1v) is 11.5. The lowest BCUT2D eigenvalue weighted by Gasteiger charge is -2.61. The number of methoxy groups -OCH3 is 1. The average Bonchev–Trinajstić information content (AvgIpc) is 3.23. The molecule has 0 N–H and O–H groups in total. The maximum absolute atomic E-state index is 13.8. The number of ether oxygens (including phenoxy) is 2. The van der Waals surface area contributed by atoms with Crippen molar-refractivity contribution in [2.24, 2.45) is 28.6 Å². The summed E-state index contributed by atoms with van der Waals surface area (Å²) in [6.07, 6.45) is 4.40. The third-order valence-corrected chi connectivity index (χ3v) is 8.85. The van der Waals surface area contributed by atoms with E-state index >= 15 is 0 Å². The summed E-state index contributed by atoms with van der Waals surface area (Å²) in [5.74, 6) is -2.23. The van der Waals surface area contributed by atoms with Crippen LogP contribution in [0.5, 0.6) is 0 Å². The molecule has 2 saturated carbocycles. The summed E-state index contributed by atoms with van der Waals surface area (Å²) in [5, 5.41) is -0.789. The number of rotatable bonds is 3. The zero-order valence-corrected chi connectivity index (χ0v) is 19.0. The number of hydrogen-bond donors (Lipinski definition) is 0. The normalized spacial score (nSPS) is 39.8. The van der Waals surface area contributed by atoms with E-state index in [0.717, 1.165) is 17.3 Å². The summed E-state index contributed by atoms with van der Waals surface area (Å²) in [6.45, 7) is 5.37. The highest BCUT2D eigenvalue weighted by atomic mass is 32.2. The van der Waals surface area contributed by atoms with Crippen LogP contribution in [0.15, 0.2) is 23.0 Å². The van der Waals surface area contributed by atoms with Gasteiger partial charge in [-0.15, -0.1) is 0 Å². The van der Waals surface area contributed by atoms with Crippen LogP contribution in [0.25, 0.3) is 0 Å². The molecule has 2 aliphatic carbocycles. The molecule has 4 rings (SSSR count). The highest BCUT2D eigenvalue weighted by Crippen LogP contribution is 2.65. The molecule has 0 amide bonds. The minimum atomic E-state index is -0.705. The van der Waals surface area contributed by atoms with Crippen molar-refractivity contribution in [1.29, 1.82) is 0 Å². The Morgan fingerprint density at radius 2 is 1.97 bits per heavy atom. The SMILES string of the molecule is COC(=O)[C@@H]1C[C@H](SC(C)=O)C(=O)[C@H]2[C@@]1(C)CC[C@H]1C(=O)O[C@H](c3ccoc3)C[C@]21C. The monoisotopic (exact) mass is 448 g/mol. The third-order valence-electron chi connectivity index (χ3n) is 7.81. The van der Waals surface area contributed by atoms with Gasteiger partial charge in [-0.25, -0.2) is 0 Å². The first-order chi connectivity index (χ1) is 14.6. The van der Waals surface area contributed by atoms with Crippen LogP contribution in [0.3, 0.4) is 0 Å². The summed E-state index contributed by atoms with van der Waals surface area (Å²) < 4.78 is 16.0. The van der Waals surface area contributed by atoms with Crippen LogP contribution in [0, 0.1) is 28.6 Å². The number of carbonyl (C=O) groups is 4. The highest BCUT2D eigenvalue weighted by molar-refractivity contribution is 8.14. The smallest absolute Gasteiger partial charge is 0.310 e. The van der Waals surface area contributed by atoms with Gasteiger partial charge in [0.25, 0.3) is 0 Å². The second kappa shape index (κ2) is 7.80. The van der Waals surface area contributed by atoms with Gasteiger partial charge in [0.05, 0.1) is 36.7 Å². The fraction of sp³-hybridized carbons (Fsp3) is 0.652. The molecule has 1 saturated heterocycles. The molecule has 0 radical (unpaired) electrons. The Bertz CT molecular complexity index is 909. The molecule has 1 aliphatic heterocycles. The number of esters is 2. The second-order valence-electron chi connectivity index (χ2n) is 9.53. The van der Waals surface area contributed by atoms with Crippen molar-refractivity contribution in [3.8, 4) is 0 Å². The van der Waals surface area contributed by atoms with E-state index in [1.54, 1.807) is 12.3 Å². The number of ketones is 1. The molecule has 0 bridgehead atoms. The van der Waals surface area contributed by atoms with Crippen molar-refractivity contribution in [2.45, 2.75) is 57.8 Å². The van der Waals surface area contributed by atoms with Crippen molar-refractivity contribution in [3.63, 3.8) is 0 Å². The molecule has 2 heterocycles. The average molecular weight is 449 g/mol. The van der Waals surface area contributed by atoms with Gasteiger partial charge in [-0.3, -0.25) is 19.2 Å². The van der Waals surface area contributed by atoms with Crippen molar-refractivity contribution in [3.05, 3.63) is 24.2 Å². The van der Waals surface area contributed by atoms with Crippen LogP contribution >= 0.6 is 11.8 Å². The number of hydrogen-bond acceptors (Lipinski definition) is 8. The van der Waals surface area contributed by atoms with Crippen LogP contribution < -0.4 is 0 Å². The van der Waals surface area contributed by atoms with Crippen molar-refractivity contribution in [2.75, 3.05) is 7.11 Å². The molecule has 31 heavy (non-hydrogen) atoms. The Labute approximate surface area is 185 Å². The molecule has 7 nitrogen and oxygen atoms in total. The molecule has 3 fully saturated rings. The predicted molar refractivity (Wildman–Crippen MR) is 112 cm³/mol. The van der Waals surface area contributed by atoms with Crippen LogP contribution in [0.2, 0.25) is 0 Å². The Kier molecular flexibility index (Phi) is 5.56. The molecule has 7 atom stereocenters. The summed E-state index contributed by atoms with van der Waals surface area (Å²) in [6, 6.07) is 1.76. The Morgan fingerprint density at radius 1 is 1.23 bits per heavy atom. The van der Waals surface area contributed by atoms with E-state index in [-0.39, 0.29) is 29.3 Å². The van der Waals surface area contributed by atoms with E-state index in [1.807, 2.05) is 13.8 Å². The maximum atomic E-state index is 13.8. The van der Waals surface area contributed by atoms with E-state index in [9.17, 15) is 19.2 Å². The van der Waals surface area contributed by atoms with Crippen molar-refractivity contribution < 1.29 is 33.1 Å². The van der Waals surface area contributed by atoms with Crippen LogP contribution in [0.4, 0.5) is 0 Å². The van der Waals surface area contributed by atoms with Gasteiger partial charge in [-0.1, -0.05) is 25.6 Å². The van der Waals surface area contributed by atoms with Gasteiger partial charge in [0.2, 0.25) is 0 Å². The predicted octanol–water partition coefficient (Wildman–Crippen LogP) is 3.72. The highest BCUT2D eigenvalue weighted by Gasteiger charge is 2.67. The first-order valence-electron chi connectivity index (χ1n) is 10.6. The van der Waals surface area contributed by atoms with Crippen LogP contribution in [-0.2, 0) is 28.7 Å². The zero-order valence-electron chi connectivity index (χ0n) is 18.2. The van der Waals surface area contributed by atoms with E-state index in [2.05, 4.69) is 0 Å². The fourth-order valence-corrected chi connectivity index (χ4v) is 7.41. The second-order valence-corrected chi connectivity index (χ2v) is 10.9. The Balaban J connectivity index is 1.80. The van der Waals surface area contributed by atoms with E-state index in [0.29, 0.717) is 19.3 Å². The molecule has 3 aliphatic rings. The lowest BCUT2D eigenvalue weighted by molar-refractivity contribution is -0.202. The molecule has 168 valence electrons. The number of cyclic esters (lactones) is 1. The summed E-state index contributed by atoms with van der Waals surface area (Å²) >= 11 is 0.980. The molecule has 1 aromatic heterocycles. The number of fused-ring (bicyclic) bond motifs is 3. The van der Waals surface area contributed by atoms with E-state index in [1.165, 1.54) is 20.3 Å². The van der Waals surface area contributed by atoms with Gasteiger partial charge in [-0.2, -0.15) is 0 Å². The Hall–Kier alpha value is -2.09. The third kappa shape index (κ3) is 3.43. The summed E-state index contributed by atoms with van der Waals surface area (Å²) in [7, 11) is 1.35.